The Bertz CT molecular complexity index is 497. The molecule has 0 spiro atoms. The van der Waals surface area contributed by atoms with E-state index < -0.39 is 30.1 Å². The number of nitrogens with one attached hydrogen (secondary N) is 2. The van der Waals surface area contributed by atoms with Crippen LogP contribution in [0.4, 0.5) is 18.0 Å². The molecule has 2 atom stereocenters. The number of halogens is 3. The highest BCUT2D eigenvalue weighted by Crippen LogP contribution is 2.30. The summed E-state index contributed by atoms with van der Waals surface area (Å²) >= 11 is 0. The van der Waals surface area contributed by atoms with Gasteiger partial charge in [0.2, 0.25) is 11.8 Å². The molecule has 4 amide bonds. The minimum Gasteiger partial charge on any atom is -0.351 e. The van der Waals surface area contributed by atoms with Crippen molar-refractivity contribution in [2.45, 2.75) is 37.5 Å². The fourth-order valence-corrected chi connectivity index (χ4v) is 2.87. The van der Waals surface area contributed by atoms with E-state index in [0.717, 1.165) is 0 Å². The second kappa shape index (κ2) is 6.73. The number of carbonyl (C=O) groups is 3. The number of alkyl halides is 3. The van der Waals surface area contributed by atoms with Crippen LogP contribution in [-0.2, 0) is 9.59 Å². The van der Waals surface area contributed by atoms with Gasteiger partial charge in [0.25, 0.3) is 0 Å². The zero-order valence-corrected chi connectivity index (χ0v) is 12.7. The van der Waals surface area contributed by atoms with Gasteiger partial charge in [0.05, 0.1) is 0 Å². The molecule has 7 nitrogen and oxygen atoms in total. The van der Waals surface area contributed by atoms with Crippen LogP contribution in [0.15, 0.2) is 0 Å². The highest BCUT2D eigenvalue weighted by molar-refractivity contribution is 5.98. The molecule has 2 saturated heterocycles. The van der Waals surface area contributed by atoms with E-state index in [2.05, 4.69) is 10.6 Å². The van der Waals surface area contributed by atoms with Gasteiger partial charge in [-0.15, -0.1) is 0 Å². The van der Waals surface area contributed by atoms with Crippen LogP contribution in [0.5, 0.6) is 0 Å². The largest absolute Gasteiger partial charge is 0.404 e. The molecule has 2 aliphatic rings. The molecule has 0 unspecified atom stereocenters. The van der Waals surface area contributed by atoms with Crippen molar-refractivity contribution < 1.29 is 27.6 Å². The van der Waals surface area contributed by atoms with E-state index in [4.69, 9.17) is 0 Å². The Hall–Kier alpha value is -1.84. The van der Waals surface area contributed by atoms with Crippen molar-refractivity contribution in [3.05, 3.63) is 0 Å². The minimum absolute atomic E-state index is 0.0797. The molecule has 0 saturated carbocycles. The summed E-state index contributed by atoms with van der Waals surface area (Å²) < 4.78 is 38.3. The first kappa shape index (κ1) is 17.5. The Morgan fingerprint density at radius 3 is 2.61 bits per heavy atom. The highest BCUT2D eigenvalue weighted by atomic mass is 19.4. The molecule has 10 heteroatoms. The van der Waals surface area contributed by atoms with Crippen LogP contribution in [0.25, 0.3) is 0 Å². The number of likely N-dealkylation sites (tertiary alicyclic amines) is 1. The number of hydrogen-bond donors (Lipinski definition) is 2. The summed E-state index contributed by atoms with van der Waals surface area (Å²) in [6.07, 6.45) is -4.00. The summed E-state index contributed by atoms with van der Waals surface area (Å²) in [5.74, 6) is -0.836. The number of imide groups is 1. The van der Waals surface area contributed by atoms with E-state index in [-0.39, 0.29) is 44.9 Å². The van der Waals surface area contributed by atoms with Crippen LogP contribution < -0.4 is 10.6 Å². The fraction of sp³-hybridized carbons (Fsp3) is 0.769. The zero-order valence-electron chi connectivity index (χ0n) is 12.7. The normalized spacial score (nSPS) is 26.9. The third-order valence-electron chi connectivity index (χ3n) is 4.05. The van der Waals surface area contributed by atoms with Crippen molar-refractivity contribution in [1.29, 1.82) is 0 Å². The number of amides is 4. The molecule has 0 aromatic carbocycles. The molecule has 2 N–H and O–H groups in total. The van der Waals surface area contributed by atoms with E-state index >= 15 is 0 Å². The summed E-state index contributed by atoms with van der Waals surface area (Å²) in [4.78, 5) is 36.8. The average Bonchev–Trinajstić information content (AvgIpc) is 2.40. The Labute approximate surface area is 131 Å². The fourth-order valence-electron chi connectivity index (χ4n) is 2.87. The highest BCUT2D eigenvalue weighted by Gasteiger charge is 2.44. The molecule has 130 valence electrons. The van der Waals surface area contributed by atoms with Crippen molar-refractivity contribution in [3.63, 3.8) is 0 Å². The van der Waals surface area contributed by atoms with Crippen LogP contribution in [-0.4, -0.2) is 72.6 Å². The van der Waals surface area contributed by atoms with Crippen molar-refractivity contribution in [2.24, 2.45) is 0 Å². The van der Waals surface area contributed by atoms with Crippen LogP contribution in [0.3, 0.4) is 0 Å². The van der Waals surface area contributed by atoms with E-state index in [1.165, 1.54) is 16.8 Å². The van der Waals surface area contributed by atoms with E-state index in [0.29, 0.717) is 0 Å². The number of hydrogen-bond acceptors (Lipinski definition) is 4. The first-order valence-electron chi connectivity index (χ1n) is 7.32. The second-order valence-corrected chi connectivity index (χ2v) is 5.86. The lowest BCUT2D eigenvalue weighted by Gasteiger charge is -2.38. The molecule has 0 aromatic rings. The Morgan fingerprint density at radius 2 is 2.04 bits per heavy atom. The van der Waals surface area contributed by atoms with Crippen LogP contribution in [0.2, 0.25) is 0 Å². The Morgan fingerprint density at radius 1 is 1.35 bits per heavy atom. The molecular weight excluding hydrogens is 317 g/mol. The van der Waals surface area contributed by atoms with Crippen molar-refractivity contribution in [3.8, 4) is 0 Å². The molecule has 23 heavy (non-hydrogen) atoms. The molecule has 2 rings (SSSR count). The summed E-state index contributed by atoms with van der Waals surface area (Å²) in [6.45, 7) is 0.0292. The number of nitrogens with zero attached hydrogens (tertiary/aromatic N) is 2. The first-order chi connectivity index (χ1) is 10.7. The lowest BCUT2D eigenvalue weighted by atomic mass is 9.98. The lowest BCUT2D eigenvalue weighted by molar-refractivity contribution is -0.188. The molecule has 0 bridgehead atoms. The number of carbonyl (C=O) groups excluding carboxylic acids is 3. The average molecular weight is 336 g/mol. The maximum Gasteiger partial charge on any atom is 0.404 e. The van der Waals surface area contributed by atoms with Gasteiger partial charge in [-0.25, -0.2) is 4.79 Å². The third kappa shape index (κ3) is 4.57. The Balaban J connectivity index is 1.80. The predicted molar refractivity (Wildman–Crippen MR) is 73.4 cm³/mol. The molecule has 2 aliphatic heterocycles. The van der Waals surface area contributed by atoms with Gasteiger partial charge < -0.3 is 10.2 Å². The van der Waals surface area contributed by atoms with Gasteiger partial charge in [0, 0.05) is 25.6 Å². The van der Waals surface area contributed by atoms with Crippen molar-refractivity contribution in [1.82, 2.24) is 20.4 Å². The molecule has 0 aliphatic carbocycles. The summed E-state index contributed by atoms with van der Waals surface area (Å²) in [5, 5.41) is 4.75. The van der Waals surface area contributed by atoms with E-state index in [1.54, 1.807) is 0 Å². The van der Waals surface area contributed by atoms with Gasteiger partial charge in [-0.1, -0.05) is 0 Å². The van der Waals surface area contributed by atoms with Crippen LogP contribution >= 0.6 is 0 Å². The van der Waals surface area contributed by atoms with Crippen LogP contribution in [0.1, 0.15) is 19.3 Å². The lowest BCUT2D eigenvalue weighted by Crippen LogP contribution is -2.57. The third-order valence-corrected chi connectivity index (χ3v) is 4.05. The minimum atomic E-state index is -4.28. The standard InChI is InChI=1S/C13H19F3N4O3/c1-19-6-8(2-3-9(19)13(14,15)16)17-11(22)7-20-5-4-10(21)18-12(20)23/h8-9H,2-7H2,1H3,(H,17,22)(H,18,21,23)/t8-,9+/m0/s1. The summed E-state index contributed by atoms with van der Waals surface area (Å²) in [5.41, 5.74) is 0. The first-order valence-corrected chi connectivity index (χ1v) is 7.32. The number of urea groups is 1. The van der Waals surface area contributed by atoms with Crippen molar-refractivity contribution in [2.75, 3.05) is 26.7 Å². The SMILES string of the molecule is CN1C[C@@H](NC(=O)CN2CCC(=O)NC2=O)CC[C@@H]1C(F)(F)F. The number of piperidine rings is 1. The number of rotatable bonds is 3. The predicted octanol–water partition coefficient (Wildman–Crippen LogP) is 0.0696. The van der Waals surface area contributed by atoms with E-state index in [1.807, 2.05) is 0 Å². The quantitative estimate of drug-likeness (QED) is 0.764. The molecule has 0 aromatic heterocycles. The maximum atomic E-state index is 12.8. The van der Waals surface area contributed by atoms with Crippen molar-refractivity contribution >= 4 is 17.8 Å². The van der Waals surface area contributed by atoms with Gasteiger partial charge in [0.15, 0.2) is 0 Å². The van der Waals surface area contributed by atoms with Gasteiger partial charge in [-0.2, -0.15) is 13.2 Å². The van der Waals surface area contributed by atoms with Crippen LogP contribution in [0, 0.1) is 0 Å². The van der Waals surface area contributed by atoms with E-state index in [9.17, 15) is 27.6 Å². The topological polar surface area (TPSA) is 81.8 Å². The molecule has 0 radical (unpaired) electrons. The zero-order chi connectivity index (χ0) is 17.2. The van der Waals surface area contributed by atoms with Gasteiger partial charge >= 0.3 is 12.2 Å². The smallest absolute Gasteiger partial charge is 0.351 e. The molecule has 2 fully saturated rings. The van der Waals surface area contributed by atoms with Gasteiger partial charge in [-0.3, -0.25) is 19.8 Å². The maximum absolute atomic E-state index is 12.8. The summed E-state index contributed by atoms with van der Waals surface area (Å²) in [6, 6.07) is -2.51. The second-order valence-electron chi connectivity index (χ2n) is 5.86. The monoisotopic (exact) mass is 336 g/mol. The summed E-state index contributed by atoms with van der Waals surface area (Å²) in [7, 11) is 1.38. The number of likely N-dealkylation sites (N-methyl/N-ethyl adjacent to an activating group) is 1. The molecule has 2 heterocycles. The molecular formula is C13H19F3N4O3. The Kier molecular flexibility index (Phi) is 5.12. The van der Waals surface area contributed by atoms with Gasteiger partial charge in [0.1, 0.15) is 12.6 Å². The van der Waals surface area contributed by atoms with Gasteiger partial charge in [-0.05, 0) is 19.9 Å².